The van der Waals surface area contributed by atoms with E-state index in [1.165, 1.54) is 62.5 Å². The quantitative estimate of drug-likeness (QED) is 0.222. The number of esters is 1. The molecule has 2 aromatic rings. The maximum atomic E-state index is 12.6. The van der Waals surface area contributed by atoms with Gasteiger partial charge in [0.05, 0.1) is 5.56 Å². The molecule has 0 heterocycles. The Labute approximate surface area is 199 Å². The Morgan fingerprint density at radius 1 is 0.848 bits per heavy atom. The minimum Gasteiger partial charge on any atom is -0.423 e. The second-order valence-corrected chi connectivity index (χ2v) is 10.1. The van der Waals surface area contributed by atoms with E-state index in [1.807, 2.05) is 42.5 Å². The SMILES string of the molecule is C=CCCc1ccc(OC(=O)c2ccc(C3CCC4CC(CCC=C)CCC4C3)cc2)cc1. The summed E-state index contributed by atoms with van der Waals surface area (Å²) >= 11 is 0. The van der Waals surface area contributed by atoms with Gasteiger partial charge in [-0.2, -0.15) is 0 Å². The van der Waals surface area contributed by atoms with Crippen molar-refractivity contribution in [3.8, 4) is 5.75 Å². The fourth-order valence-electron chi connectivity index (χ4n) is 5.96. The molecular formula is C31H38O2. The first kappa shape index (κ1) is 23.5. The molecule has 0 radical (unpaired) electrons. The number of benzene rings is 2. The standard InChI is InChI=1S/C31H38O2/c1-3-5-7-23-10-19-30(20-11-23)33-31(32)26-15-13-25(14-16-26)28-18-17-27-21-24(8-6-4-2)9-12-29(27)22-28/h3-4,10-11,13-16,19-20,24,27-29H,1-2,5-9,12,17-18,21-22H2. The molecule has 2 aliphatic rings. The lowest BCUT2D eigenvalue weighted by Crippen LogP contribution is -2.30. The summed E-state index contributed by atoms with van der Waals surface area (Å²) in [5, 5.41) is 0. The molecule has 2 saturated carbocycles. The summed E-state index contributed by atoms with van der Waals surface area (Å²) in [5.41, 5.74) is 3.22. The lowest BCUT2D eigenvalue weighted by molar-refractivity contribution is 0.0734. The first-order valence-corrected chi connectivity index (χ1v) is 12.8. The highest BCUT2D eigenvalue weighted by Gasteiger charge is 2.35. The van der Waals surface area contributed by atoms with Crippen LogP contribution in [-0.4, -0.2) is 5.97 Å². The van der Waals surface area contributed by atoms with E-state index < -0.39 is 0 Å². The molecule has 4 rings (SSSR count). The molecule has 174 valence electrons. The lowest BCUT2D eigenvalue weighted by atomic mass is 9.63. The zero-order valence-corrected chi connectivity index (χ0v) is 19.9. The van der Waals surface area contributed by atoms with Crippen LogP contribution in [0.3, 0.4) is 0 Å². The fraction of sp³-hybridized carbons (Fsp3) is 0.452. The van der Waals surface area contributed by atoms with Gasteiger partial charge in [-0.1, -0.05) is 42.8 Å². The minimum atomic E-state index is -0.290. The van der Waals surface area contributed by atoms with Gasteiger partial charge in [0.15, 0.2) is 0 Å². The van der Waals surface area contributed by atoms with Crippen LogP contribution in [0.5, 0.6) is 5.75 Å². The second-order valence-electron chi connectivity index (χ2n) is 10.1. The highest BCUT2D eigenvalue weighted by Crippen LogP contribution is 2.48. The Hall–Kier alpha value is -2.61. The third-order valence-electron chi connectivity index (χ3n) is 7.89. The van der Waals surface area contributed by atoms with E-state index in [0.717, 1.165) is 30.6 Å². The van der Waals surface area contributed by atoms with Crippen LogP contribution in [0.2, 0.25) is 0 Å². The molecule has 2 nitrogen and oxygen atoms in total. The number of carbonyl (C=O) groups excluding carboxylic acids is 1. The van der Waals surface area contributed by atoms with Gasteiger partial charge in [0.25, 0.3) is 0 Å². The van der Waals surface area contributed by atoms with E-state index >= 15 is 0 Å². The normalized spacial score (nSPS) is 24.5. The third-order valence-corrected chi connectivity index (χ3v) is 7.89. The van der Waals surface area contributed by atoms with Gasteiger partial charge in [0.1, 0.15) is 5.75 Å². The van der Waals surface area contributed by atoms with Crippen LogP contribution in [-0.2, 0) is 6.42 Å². The Morgan fingerprint density at radius 2 is 1.55 bits per heavy atom. The average molecular weight is 443 g/mol. The van der Waals surface area contributed by atoms with Gasteiger partial charge in [-0.05, 0) is 117 Å². The summed E-state index contributed by atoms with van der Waals surface area (Å²) in [4.78, 5) is 12.6. The number of ether oxygens (including phenoxy) is 1. The number of hydrogen-bond acceptors (Lipinski definition) is 2. The van der Waals surface area contributed by atoms with Gasteiger partial charge in [-0.25, -0.2) is 4.79 Å². The summed E-state index contributed by atoms with van der Waals surface area (Å²) in [6.45, 7) is 7.65. The molecule has 2 fully saturated rings. The van der Waals surface area contributed by atoms with Crippen LogP contribution in [0.1, 0.15) is 85.2 Å². The number of rotatable bonds is 9. The zero-order chi connectivity index (χ0) is 23.0. The Balaban J connectivity index is 1.30. The molecule has 0 amide bonds. The van der Waals surface area contributed by atoms with E-state index in [1.54, 1.807) is 0 Å². The first-order chi connectivity index (χ1) is 16.2. The predicted octanol–water partition coefficient (Wildman–Crippen LogP) is 8.29. The summed E-state index contributed by atoms with van der Waals surface area (Å²) in [7, 11) is 0. The van der Waals surface area contributed by atoms with Crippen LogP contribution in [0, 0.1) is 17.8 Å². The average Bonchev–Trinajstić information content (AvgIpc) is 2.86. The van der Waals surface area contributed by atoms with E-state index in [9.17, 15) is 4.79 Å². The summed E-state index contributed by atoms with van der Waals surface area (Å²) in [5.74, 6) is 3.64. The van der Waals surface area contributed by atoms with E-state index in [-0.39, 0.29) is 5.97 Å². The minimum absolute atomic E-state index is 0.290. The van der Waals surface area contributed by atoms with Crippen LogP contribution < -0.4 is 4.74 Å². The van der Waals surface area contributed by atoms with Crippen molar-refractivity contribution in [2.24, 2.45) is 17.8 Å². The summed E-state index contributed by atoms with van der Waals surface area (Å²) in [6.07, 6.45) is 16.5. The zero-order valence-electron chi connectivity index (χ0n) is 19.9. The van der Waals surface area contributed by atoms with Crippen LogP contribution in [0.4, 0.5) is 0 Å². The largest absolute Gasteiger partial charge is 0.423 e. The van der Waals surface area contributed by atoms with Crippen LogP contribution in [0.25, 0.3) is 0 Å². The Kier molecular flexibility index (Phi) is 8.20. The molecule has 0 saturated heterocycles. The van der Waals surface area contributed by atoms with Crippen molar-refractivity contribution in [1.29, 1.82) is 0 Å². The van der Waals surface area contributed by atoms with Gasteiger partial charge in [0.2, 0.25) is 0 Å². The number of fused-ring (bicyclic) bond motifs is 1. The number of carbonyl (C=O) groups is 1. The number of allylic oxidation sites excluding steroid dienone is 2. The van der Waals surface area contributed by atoms with Gasteiger partial charge in [0, 0.05) is 0 Å². The molecular weight excluding hydrogens is 404 g/mol. The maximum absolute atomic E-state index is 12.6. The highest BCUT2D eigenvalue weighted by atomic mass is 16.5. The van der Waals surface area contributed by atoms with Crippen LogP contribution >= 0.6 is 0 Å². The van der Waals surface area contributed by atoms with Crippen molar-refractivity contribution in [3.63, 3.8) is 0 Å². The third kappa shape index (κ3) is 6.25. The molecule has 4 unspecified atom stereocenters. The van der Waals surface area contributed by atoms with Crippen molar-refractivity contribution in [2.45, 2.75) is 70.1 Å². The summed E-state index contributed by atoms with van der Waals surface area (Å²) in [6, 6.07) is 15.9. The van der Waals surface area contributed by atoms with Gasteiger partial charge in [-0.15, -0.1) is 13.2 Å². The smallest absolute Gasteiger partial charge is 0.343 e. The monoisotopic (exact) mass is 442 g/mol. The van der Waals surface area contributed by atoms with Gasteiger partial charge < -0.3 is 4.74 Å². The van der Waals surface area contributed by atoms with Gasteiger partial charge in [-0.3, -0.25) is 0 Å². The lowest BCUT2D eigenvalue weighted by Gasteiger charge is -2.42. The van der Waals surface area contributed by atoms with Crippen molar-refractivity contribution in [2.75, 3.05) is 0 Å². The molecule has 0 spiro atoms. The van der Waals surface area contributed by atoms with Crippen LogP contribution in [0.15, 0.2) is 73.8 Å². The van der Waals surface area contributed by atoms with E-state index in [2.05, 4.69) is 31.4 Å². The van der Waals surface area contributed by atoms with Crippen molar-refractivity contribution >= 4 is 5.97 Å². The summed E-state index contributed by atoms with van der Waals surface area (Å²) < 4.78 is 5.59. The molecule has 0 N–H and O–H groups in total. The first-order valence-electron chi connectivity index (χ1n) is 12.8. The fourth-order valence-corrected chi connectivity index (χ4v) is 5.96. The molecule has 2 aromatic carbocycles. The molecule has 33 heavy (non-hydrogen) atoms. The Bertz CT molecular complexity index is 924. The number of aryl methyl sites for hydroxylation is 1. The maximum Gasteiger partial charge on any atom is 0.343 e. The predicted molar refractivity (Wildman–Crippen MR) is 137 cm³/mol. The van der Waals surface area contributed by atoms with E-state index in [0.29, 0.717) is 17.2 Å². The Morgan fingerprint density at radius 3 is 2.27 bits per heavy atom. The van der Waals surface area contributed by atoms with E-state index in [4.69, 9.17) is 4.74 Å². The van der Waals surface area contributed by atoms with Crippen molar-refractivity contribution < 1.29 is 9.53 Å². The molecule has 4 atom stereocenters. The van der Waals surface area contributed by atoms with Gasteiger partial charge >= 0.3 is 5.97 Å². The topological polar surface area (TPSA) is 26.3 Å². The molecule has 0 aromatic heterocycles. The molecule has 0 bridgehead atoms. The molecule has 2 heteroatoms. The second kappa shape index (κ2) is 11.5. The molecule has 2 aliphatic carbocycles. The highest BCUT2D eigenvalue weighted by molar-refractivity contribution is 5.91. The van der Waals surface area contributed by atoms with Crippen molar-refractivity contribution in [1.82, 2.24) is 0 Å². The van der Waals surface area contributed by atoms with Crippen molar-refractivity contribution in [3.05, 3.63) is 90.5 Å². The molecule has 0 aliphatic heterocycles. The number of hydrogen-bond donors (Lipinski definition) is 0.